The SMILES string of the molecule is C=C(N)Nc1cccc(CC(C)C)c1. The van der Waals surface area contributed by atoms with Crippen LogP contribution >= 0.6 is 0 Å². The summed E-state index contributed by atoms with van der Waals surface area (Å²) in [5.74, 6) is 1.15. The maximum atomic E-state index is 5.47. The van der Waals surface area contributed by atoms with Crippen LogP contribution in [0.25, 0.3) is 0 Å². The van der Waals surface area contributed by atoms with Crippen molar-refractivity contribution >= 4 is 5.69 Å². The molecular weight excluding hydrogens is 172 g/mol. The van der Waals surface area contributed by atoms with E-state index in [0.717, 1.165) is 12.1 Å². The Kier molecular flexibility index (Phi) is 3.57. The van der Waals surface area contributed by atoms with Crippen LogP contribution in [0.2, 0.25) is 0 Å². The zero-order valence-electron chi connectivity index (χ0n) is 8.88. The number of hydrogen-bond donors (Lipinski definition) is 2. The molecule has 0 aromatic heterocycles. The second-order valence-electron chi connectivity index (χ2n) is 3.95. The molecular formula is C12H18N2. The monoisotopic (exact) mass is 190 g/mol. The zero-order chi connectivity index (χ0) is 10.6. The number of anilines is 1. The third-order valence-electron chi connectivity index (χ3n) is 1.88. The van der Waals surface area contributed by atoms with E-state index in [9.17, 15) is 0 Å². The molecule has 0 aliphatic carbocycles. The molecule has 0 aliphatic heterocycles. The molecule has 2 nitrogen and oxygen atoms in total. The first-order valence-corrected chi connectivity index (χ1v) is 4.88. The summed E-state index contributed by atoms with van der Waals surface area (Å²) in [5, 5.41) is 3.00. The highest BCUT2D eigenvalue weighted by Crippen LogP contribution is 2.14. The maximum Gasteiger partial charge on any atom is 0.0930 e. The Hall–Kier alpha value is -1.44. The van der Waals surface area contributed by atoms with Crippen molar-refractivity contribution in [3.05, 3.63) is 42.2 Å². The standard InChI is InChI=1S/C12H18N2/c1-9(2)7-11-5-4-6-12(8-11)14-10(3)13/h4-6,8-9,14H,3,7,13H2,1-2H3. The van der Waals surface area contributed by atoms with Crippen molar-refractivity contribution in [1.29, 1.82) is 0 Å². The average molecular weight is 190 g/mol. The minimum absolute atomic E-state index is 0.478. The summed E-state index contributed by atoms with van der Waals surface area (Å²) in [6.45, 7) is 8.03. The van der Waals surface area contributed by atoms with Gasteiger partial charge in [-0.2, -0.15) is 0 Å². The van der Waals surface area contributed by atoms with Gasteiger partial charge in [-0.25, -0.2) is 0 Å². The minimum Gasteiger partial charge on any atom is -0.386 e. The van der Waals surface area contributed by atoms with Crippen molar-refractivity contribution in [3.8, 4) is 0 Å². The van der Waals surface area contributed by atoms with E-state index < -0.39 is 0 Å². The molecule has 1 rings (SSSR count). The van der Waals surface area contributed by atoms with Gasteiger partial charge in [0.25, 0.3) is 0 Å². The normalized spacial score (nSPS) is 10.2. The molecule has 14 heavy (non-hydrogen) atoms. The van der Waals surface area contributed by atoms with E-state index in [2.05, 4.69) is 37.9 Å². The van der Waals surface area contributed by atoms with Gasteiger partial charge in [-0.1, -0.05) is 32.6 Å². The average Bonchev–Trinajstić information content (AvgIpc) is 2.01. The number of benzene rings is 1. The van der Waals surface area contributed by atoms with Crippen LogP contribution in [0.4, 0.5) is 5.69 Å². The summed E-state index contributed by atoms with van der Waals surface area (Å²) in [5.41, 5.74) is 7.81. The van der Waals surface area contributed by atoms with Crippen molar-refractivity contribution in [2.24, 2.45) is 11.7 Å². The number of rotatable bonds is 4. The highest BCUT2D eigenvalue weighted by molar-refractivity contribution is 5.49. The molecule has 0 saturated heterocycles. The molecule has 0 fully saturated rings. The second-order valence-corrected chi connectivity index (χ2v) is 3.95. The van der Waals surface area contributed by atoms with Crippen LogP contribution < -0.4 is 11.1 Å². The Morgan fingerprint density at radius 2 is 2.21 bits per heavy atom. The predicted octanol–water partition coefficient (Wildman–Crippen LogP) is 2.73. The largest absolute Gasteiger partial charge is 0.386 e. The van der Waals surface area contributed by atoms with Crippen LogP contribution in [0, 0.1) is 5.92 Å². The third-order valence-corrected chi connectivity index (χ3v) is 1.88. The van der Waals surface area contributed by atoms with Gasteiger partial charge in [-0.15, -0.1) is 0 Å². The fraction of sp³-hybridized carbons (Fsp3) is 0.333. The quantitative estimate of drug-likeness (QED) is 0.766. The first kappa shape index (κ1) is 10.6. The molecule has 0 bridgehead atoms. The summed E-state index contributed by atoms with van der Waals surface area (Å²) in [4.78, 5) is 0. The van der Waals surface area contributed by atoms with E-state index in [4.69, 9.17) is 5.73 Å². The molecule has 1 aromatic carbocycles. The first-order valence-electron chi connectivity index (χ1n) is 4.88. The van der Waals surface area contributed by atoms with Crippen LogP contribution in [0.3, 0.4) is 0 Å². The number of hydrogen-bond acceptors (Lipinski definition) is 2. The molecule has 0 spiro atoms. The van der Waals surface area contributed by atoms with Crippen LogP contribution in [-0.4, -0.2) is 0 Å². The predicted molar refractivity (Wildman–Crippen MR) is 61.9 cm³/mol. The lowest BCUT2D eigenvalue weighted by atomic mass is 10.0. The molecule has 0 unspecified atom stereocenters. The Labute approximate surface area is 85.8 Å². The highest BCUT2D eigenvalue weighted by atomic mass is 15.0. The van der Waals surface area contributed by atoms with E-state index in [1.54, 1.807) is 0 Å². The van der Waals surface area contributed by atoms with Crippen molar-refractivity contribution in [1.82, 2.24) is 0 Å². The Bertz CT molecular complexity index is 316. The molecule has 0 radical (unpaired) electrons. The van der Waals surface area contributed by atoms with Gasteiger partial charge in [-0.3, -0.25) is 0 Å². The topological polar surface area (TPSA) is 38.0 Å². The van der Waals surface area contributed by atoms with Gasteiger partial charge < -0.3 is 11.1 Å². The molecule has 3 N–H and O–H groups in total. The molecule has 0 heterocycles. The van der Waals surface area contributed by atoms with Crippen LogP contribution in [-0.2, 0) is 6.42 Å². The Morgan fingerprint density at radius 1 is 1.50 bits per heavy atom. The summed E-state index contributed by atoms with van der Waals surface area (Å²) in [6.07, 6.45) is 1.09. The van der Waals surface area contributed by atoms with Gasteiger partial charge in [0.15, 0.2) is 0 Å². The van der Waals surface area contributed by atoms with Gasteiger partial charge in [0.2, 0.25) is 0 Å². The van der Waals surface area contributed by atoms with Crippen LogP contribution in [0.5, 0.6) is 0 Å². The fourth-order valence-corrected chi connectivity index (χ4v) is 1.43. The lowest BCUT2D eigenvalue weighted by Crippen LogP contribution is -2.07. The lowest BCUT2D eigenvalue weighted by Gasteiger charge is -2.08. The van der Waals surface area contributed by atoms with Crippen molar-refractivity contribution in [3.63, 3.8) is 0 Å². The zero-order valence-corrected chi connectivity index (χ0v) is 8.88. The summed E-state index contributed by atoms with van der Waals surface area (Å²) in [7, 11) is 0. The molecule has 76 valence electrons. The fourth-order valence-electron chi connectivity index (χ4n) is 1.43. The summed E-state index contributed by atoms with van der Waals surface area (Å²) in [6, 6.07) is 8.26. The van der Waals surface area contributed by atoms with Gasteiger partial charge in [0.05, 0.1) is 5.82 Å². The minimum atomic E-state index is 0.478. The van der Waals surface area contributed by atoms with Gasteiger partial charge in [-0.05, 0) is 30.0 Å². The van der Waals surface area contributed by atoms with Gasteiger partial charge in [0.1, 0.15) is 0 Å². The summed E-state index contributed by atoms with van der Waals surface area (Å²) >= 11 is 0. The number of nitrogens with two attached hydrogens (primary N) is 1. The van der Waals surface area contributed by atoms with Crippen molar-refractivity contribution in [2.75, 3.05) is 5.32 Å². The summed E-state index contributed by atoms with van der Waals surface area (Å²) < 4.78 is 0. The molecule has 0 amide bonds. The van der Waals surface area contributed by atoms with Crippen LogP contribution in [0.15, 0.2) is 36.7 Å². The lowest BCUT2D eigenvalue weighted by molar-refractivity contribution is 0.647. The smallest absolute Gasteiger partial charge is 0.0930 e. The van der Waals surface area contributed by atoms with Gasteiger partial charge in [0, 0.05) is 5.69 Å². The van der Waals surface area contributed by atoms with E-state index in [-0.39, 0.29) is 0 Å². The van der Waals surface area contributed by atoms with Gasteiger partial charge >= 0.3 is 0 Å². The second kappa shape index (κ2) is 4.70. The van der Waals surface area contributed by atoms with Crippen molar-refractivity contribution < 1.29 is 0 Å². The molecule has 0 saturated carbocycles. The molecule has 2 heteroatoms. The Balaban J connectivity index is 2.73. The first-order chi connectivity index (χ1) is 6.58. The molecule has 0 atom stereocenters. The van der Waals surface area contributed by atoms with E-state index >= 15 is 0 Å². The Morgan fingerprint density at radius 3 is 2.79 bits per heavy atom. The van der Waals surface area contributed by atoms with E-state index in [0.29, 0.717) is 11.7 Å². The van der Waals surface area contributed by atoms with Crippen molar-refractivity contribution in [2.45, 2.75) is 20.3 Å². The van der Waals surface area contributed by atoms with E-state index in [1.807, 2.05) is 12.1 Å². The van der Waals surface area contributed by atoms with Crippen LogP contribution in [0.1, 0.15) is 19.4 Å². The highest BCUT2D eigenvalue weighted by Gasteiger charge is 1.98. The third kappa shape index (κ3) is 3.52. The molecule has 0 aliphatic rings. The number of nitrogens with one attached hydrogen (secondary N) is 1. The van der Waals surface area contributed by atoms with E-state index in [1.165, 1.54) is 5.56 Å². The maximum absolute atomic E-state index is 5.47. The molecule has 1 aromatic rings.